The molecule has 6 heteroatoms. The van der Waals surface area contributed by atoms with Gasteiger partial charge < -0.3 is 19.9 Å². The number of hydrogen-bond donors (Lipinski definition) is 2. The number of fused-ring (bicyclic) bond motifs is 1. The summed E-state index contributed by atoms with van der Waals surface area (Å²) >= 11 is 0. The number of carbonyl (C=O) groups is 2. The van der Waals surface area contributed by atoms with Crippen molar-refractivity contribution in [3.63, 3.8) is 0 Å². The SMILES string of the molecule is CC(=O)NC1CCc2c(ccc(OCc3ccccc3)c2COC(C)=O)C1O. The van der Waals surface area contributed by atoms with Crippen molar-refractivity contribution in [1.82, 2.24) is 5.32 Å². The van der Waals surface area contributed by atoms with Gasteiger partial charge in [0.25, 0.3) is 0 Å². The molecule has 0 bridgehead atoms. The molecule has 1 aliphatic rings. The smallest absolute Gasteiger partial charge is 0.302 e. The minimum atomic E-state index is -0.813. The Morgan fingerprint density at radius 1 is 1.11 bits per heavy atom. The van der Waals surface area contributed by atoms with Gasteiger partial charge in [-0.3, -0.25) is 9.59 Å². The van der Waals surface area contributed by atoms with Gasteiger partial charge in [-0.25, -0.2) is 0 Å². The standard InChI is InChI=1S/C22H25NO5/c1-14(24)23-20-10-8-17-18(22(20)26)9-11-21(19(17)13-27-15(2)25)28-12-16-6-4-3-5-7-16/h3-7,9,11,20,22,26H,8,10,12-13H2,1-2H3,(H,23,24). The average Bonchev–Trinajstić information content (AvgIpc) is 2.67. The molecular weight excluding hydrogens is 358 g/mol. The molecule has 148 valence electrons. The second kappa shape index (κ2) is 8.89. The van der Waals surface area contributed by atoms with E-state index in [1.54, 1.807) is 6.07 Å². The van der Waals surface area contributed by atoms with Crippen molar-refractivity contribution in [2.75, 3.05) is 0 Å². The van der Waals surface area contributed by atoms with E-state index in [4.69, 9.17) is 9.47 Å². The fourth-order valence-electron chi connectivity index (χ4n) is 3.55. The summed E-state index contributed by atoms with van der Waals surface area (Å²) in [6, 6.07) is 13.1. The molecule has 0 aliphatic heterocycles. The van der Waals surface area contributed by atoms with Crippen LogP contribution in [0, 0.1) is 0 Å². The van der Waals surface area contributed by atoms with Gasteiger partial charge >= 0.3 is 5.97 Å². The highest BCUT2D eigenvalue weighted by atomic mass is 16.5. The monoisotopic (exact) mass is 383 g/mol. The quantitative estimate of drug-likeness (QED) is 0.750. The maximum absolute atomic E-state index is 11.4. The predicted octanol–water partition coefficient (Wildman–Crippen LogP) is 2.81. The van der Waals surface area contributed by atoms with Gasteiger partial charge in [0.2, 0.25) is 5.91 Å². The van der Waals surface area contributed by atoms with Crippen LogP contribution in [0.1, 0.15) is 48.6 Å². The summed E-state index contributed by atoms with van der Waals surface area (Å²) in [5, 5.41) is 13.5. The molecule has 2 aromatic carbocycles. The third-order valence-electron chi connectivity index (χ3n) is 4.88. The zero-order valence-electron chi connectivity index (χ0n) is 16.1. The highest BCUT2D eigenvalue weighted by Gasteiger charge is 2.31. The Labute approximate surface area is 164 Å². The minimum Gasteiger partial charge on any atom is -0.488 e. The number of rotatable bonds is 6. The molecule has 28 heavy (non-hydrogen) atoms. The number of aliphatic hydroxyl groups excluding tert-OH is 1. The zero-order valence-corrected chi connectivity index (χ0v) is 16.1. The second-order valence-electron chi connectivity index (χ2n) is 6.96. The molecular formula is C22H25NO5. The van der Waals surface area contributed by atoms with E-state index in [0.717, 1.165) is 22.3 Å². The topological polar surface area (TPSA) is 84.9 Å². The van der Waals surface area contributed by atoms with Crippen molar-refractivity contribution in [2.24, 2.45) is 0 Å². The number of amides is 1. The van der Waals surface area contributed by atoms with Crippen LogP contribution < -0.4 is 10.1 Å². The van der Waals surface area contributed by atoms with Gasteiger partial charge in [0.15, 0.2) is 0 Å². The second-order valence-corrected chi connectivity index (χ2v) is 6.96. The Bertz CT molecular complexity index is 850. The number of aliphatic hydroxyl groups is 1. The highest BCUT2D eigenvalue weighted by molar-refractivity contribution is 5.73. The zero-order chi connectivity index (χ0) is 20.1. The Balaban J connectivity index is 1.88. The lowest BCUT2D eigenvalue weighted by Crippen LogP contribution is -2.41. The first-order valence-electron chi connectivity index (χ1n) is 9.35. The summed E-state index contributed by atoms with van der Waals surface area (Å²) in [5.41, 5.74) is 3.45. The summed E-state index contributed by atoms with van der Waals surface area (Å²) in [6.07, 6.45) is 0.436. The molecule has 2 unspecified atom stereocenters. The number of hydrogen-bond acceptors (Lipinski definition) is 5. The van der Waals surface area contributed by atoms with Crippen molar-refractivity contribution < 1.29 is 24.2 Å². The maximum atomic E-state index is 11.4. The van der Waals surface area contributed by atoms with Crippen molar-refractivity contribution in [1.29, 1.82) is 0 Å². The van der Waals surface area contributed by atoms with Crippen LogP contribution in [-0.2, 0) is 34.0 Å². The molecule has 0 radical (unpaired) electrons. The summed E-state index contributed by atoms with van der Waals surface area (Å²) in [6.45, 7) is 3.28. The minimum absolute atomic E-state index is 0.0835. The number of carbonyl (C=O) groups excluding carboxylic acids is 2. The first-order valence-corrected chi connectivity index (χ1v) is 9.35. The van der Waals surface area contributed by atoms with Crippen molar-refractivity contribution in [3.05, 3.63) is 64.7 Å². The Morgan fingerprint density at radius 3 is 2.54 bits per heavy atom. The van der Waals surface area contributed by atoms with Crippen LogP contribution in [-0.4, -0.2) is 23.0 Å². The molecule has 0 spiro atoms. The van der Waals surface area contributed by atoms with Crippen molar-refractivity contribution in [2.45, 2.75) is 52.0 Å². The van der Waals surface area contributed by atoms with Gasteiger partial charge in [-0.1, -0.05) is 36.4 Å². The number of benzene rings is 2. The summed E-state index contributed by atoms with van der Waals surface area (Å²) < 4.78 is 11.2. The fraction of sp³-hybridized carbons (Fsp3) is 0.364. The van der Waals surface area contributed by atoms with E-state index in [2.05, 4.69) is 5.32 Å². The number of ether oxygens (including phenoxy) is 2. The van der Waals surface area contributed by atoms with E-state index in [9.17, 15) is 14.7 Å². The first kappa shape index (κ1) is 19.9. The highest BCUT2D eigenvalue weighted by Crippen LogP contribution is 2.37. The molecule has 0 saturated carbocycles. The maximum Gasteiger partial charge on any atom is 0.302 e. The molecule has 6 nitrogen and oxygen atoms in total. The van der Waals surface area contributed by atoms with Crippen LogP contribution in [0.25, 0.3) is 0 Å². The Kier molecular flexibility index (Phi) is 6.31. The van der Waals surface area contributed by atoms with Gasteiger partial charge in [0.1, 0.15) is 19.0 Å². The normalized spacial score (nSPS) is 18.1. The summed E-state index contributed by atoms with van der Waals surface area (Å²) in [7, 11) is 0. The van der Waals surface area contributed by atoms with Gasteiger partial charge in [0.05, 0.1) is 12.1 Å². The average molecular weight is 383 g/mol. The van der Waals surface area contributed by atoms with Crippen molar-refractivity contribution in [3.8, 4) is 5.75 Å². The Morgan fingerprint density at radius 2 is 1.86 bits per heavy atom. The summed E-state index contributed by atoms with van der Waals surface area (Å²) in [4.78, 5) is 22.7. The lowest BCUT2D eigenvalue weighted by Gasteiger charge is -2.32. The largest absolute Gasteiger partial charge is 0.488 e. The number of nitrogens with one attached hydrogen (secondary N) is 1. The molecule has 0 heterocycles. The summed E-state index contributed by atoms with van der Waals surface area (Å²) in [5.74, 6) is 0.0866. The molecule has 0 saturated heterocycles. The molecule has 2 atom stereocenters. The van der Waals surface area contributed by atoms with Crippen LogP contribution in [0.4, 0.5) is 0 Å². The van der Waals surface area contributed by atoms with Crippen molar-refractivity contribution >= 4 is 11.9 Å². The lowest BCUT2D eigenvalue weighted by molar-refractivity contribution is -0.142. The van der Waals surface area contributed by atoms with Crippen LogP contribution in [0.3, 0.4) is 0 Å². The van der Waals surface area contributed by atoms with E-state index in [1.807, 2.05) is 36.4 Å². The first-order chi connectivity index (χ1) is 13.5. The van der Waals surface area contributed by atoms with Crippen LogP contribution in [0.2, 0.25) is 0 Å². The Hall–Kier alpha value is -2.86. The molecule has 0 aromatic heterocycles. The molecule has 0 fully saturated rings. The van der Waals surface area contributed by atoms with Gasteiger partial charge in [0, 0.05) is 19.4 Å². The van der Waals surface area contributed by atoms with Gasteiger partial charge in [-0.05, 0) is 35.6 Å². The van der Waals surface area contributed by atoms with E-state index in [-0.39, 0.29) is 24.5 Å². The fourth-order valence-corrected chi connectivity index (χ4v) is 3.55. The molecule has 2 N–H and O–H groups in total. The molecule has 1 aliphatic carbocycles. The third kappa shape index (κ3) is 4.70. The molecule has 3 rings (SSSR count). The lowest BCUT2D eigenvalue weighted by atomic mass is 9.83. The van der Waals surface area contributed by atoms with Gasteiger partial charge in [-0.2, -0.15) is 0 Å². The third-order valence-corrected chi connectivity index (χ3v) is 4.88. The van der Waals surface area contributed by atoms with E-state index < -0.39 is 6.10 Å². The molecule has 1 amide bonds. The van der Waals surface area contributed by atoms with E-state index in [1.165, 1.54) is 13.8 Å². The van der Waals surface area contributed by atoms with Gasteiger partial charge in [-0.15, -0.1) is 0 Å². The van der Waals surface area contributed by atoms with Crippen LogP contribution in [0.15, 0.2) is 42.5 Å². The van der Waals surface area contributed by atoms with E-state index in [0.29, 0.717) is 25.2 Å². The predicted molar refractivity (Wildman–Crippen MR) is 104 cm³/mol. The van der Waals surface area contributed by atoms with Crippen LogP contribution >= 0.6 is 0 Å². The molecule has 2 aromatic rings. The van der Waals surface area contributed by atoms with E-state index >= 15 is 0 Å². The number of esters is 1. The van der Waals surface area contributed by atoms with Crippen LogP contribution in [0.5, 0.6) is 5.75 Å².